The van der Waals surface area contributed by atoms with Gasteiger partial charge < -0.3 is 15.2 Å². The predicted octanol–water partition coefficient (Wildman–Crippen LogP) is 0.800. The summed E-state index contributed by atoms with van der Waals surface area (Å²) in [5, 5.41) is 14.0. The molecule has 0 amide bonds. The van der Waals surface area contributed by atoms with Crippen LogP contribution in [0.2, 0.25) is 0 Å². The molecule has 0 radical (unpaired) electrons. The highest BCUT2D eigenvalue weighted by molar-refractivity contribution is 7.09. The van der Waals surface area contributed by atoms with E-state index in [1.165, 1.54) is 11.5 Å². The molecule has 6 heteroatoms. The molecule has 1 aliphatic heterocycles. The van der Waals surface area contributed by atoms with Gasteiger partial charge in [0.05, 0.1) is 5.60 Å². The zero-order chi connectivity index (χ0) is 10.7. The molecule has 5 nitrogen and oxygen atoms in total. The number of aryl methyl sites for hydroxylation is 1. The molecule has 0 aliphatic carbocycles. The second kappa shape index (κ2) is 4.42. The Bertz CT molecular complexity index is 323. The van der Waals surface area contributed by atoms with Crippen molar-refractivity contribution in [3.05, 3.63) is 5.82 Å². The van der Waals surface area contributed by atoms with Gasteiger partial charge in [-0.25, -0.2) is 4.98 Å². The van der Waals surface area contributed by atoms with Crippen LogP contribution in [0.5, 0.6) is 0 Å². The number of anilines is 1. The molecule has 1 aliphatic rings. The first-order valence-electron chi connectivity index (χ1n) is 5.02. The average Bonchev–Trinajstić information content (AvgIpc) is 2.63. The number of nitrogens with one attached hydrogen (secondary N) is 1. The van der Waals surface area contributed by atoms with E-state index in [1.54, 1.807) is 0 Å². The van der Waals surface area contributed by atoms with Crippen LogP contribution in [0.25, 0.3) is 0 Å². The second-order valence-electron chi connectivity index (χ2n) is 3.84. The van der Waals surface area contributed by atoms with Crippen LogP contribution < -0.4 is 5.32 Å². The normalized spacial score (nSPS) is 20.1. The lowest BCUT2D eigenvalue weighted by molar-refractivity contribution is -0.0543. The molecule has 0 bridgehead atoms. The molecule has 1 aromatic heterocycles. The Labute approximate surface area is 92.7 Å². The van der Waals surface area contributed by atoms with E-state index in [-0.39, 0.29) is 0 Å². The third-order valence-electron chi connectivity index (χ3n) is 2.52. The maximum atomic E-state index is 10.2. The van der Waals surface area contributed by atoms with E-state index < -0.39 is 5.60 Å². The number of nitrogens with zero attached hydrogens (tertiary/aromatic N) is 2. The molecule has 2 N–H and O–H groups in total. The van der Waals surface area contributed by atoms with E-state index >= 15 is 0 Å². The van der Waals surface area contributed by atoms with Crippen LogP contribution in [0.15, 0.2) is 0 Å². The number of ether oxygens (including phenoxy) is 1. The van der Waals surface area contributed by atoms with Crippen LogP contribution in [-0.2, 0) is 4.74 Å². The number of rotatable bonds is 3. The zero-order valence-corrected chi connectivity index (χ0v) is 9.51. The summed E-state index contributed by atoms with van der Waals surface area (Å²) in [5.74, 6) is 0.765. The van der Waals surface area contributed by atoms with E-state index in [4.69, 9.17) is 4.74 Å². The highest BCUT2D eigenvalue weighted by Gasteiger charge is 2.29. The van der Waals surface area contributed by atoms with E-state index in [0.717, 1.165) is 11.0 Å². The lowest BCUT2D eigenvalue weighted by Gasteiger charge is -2.31. The Balaban J connectivity index is 1.86. The van der Waals surface area contributed by atoms with Crippen molar-refractivity contribution in [1.29, 1.82) is 0 Å². The topological polar surface area (TPSA) is 67.3 Å². The minimum absolute atomic E-state index is 0.519. The molecule has 15 heavy (non-hydrogen) atoms. The maximum Gasteiger partial charge on any atom is 0.202 e. The minimum atomic E-state index is -0.655. The Morgan fingerprint density at radius 1 is 1.53 bits per heavy atom. The smallest absolute Gasteiger partial charge is 0.202 e. The van der Waals surface area contributed by atoms with Crippen molar-refractivity contribution in [2.45, 2.75) is 25.4 Å². The van der Waals surface area contributed by atoms with Gasteiger partial charge in [-0.05, 0) is 6.92 Å². The van der Waals surface area contributed by atoms with Gasteiger partial charge in [0.25, 0.3) is 0 Å². The Hall–Kier alpha value is -0.720. The van der Waals surface area contributed by atoms with Crippen molar-refractivity contribution < 1.29 is 9.84 Å². The third-order valence-corrected chi connectivity index (χ3v) is 3.28. The van der Waals surface area contributed by atoms with Crippen LogP contribution in [-0.4, -0.2) is 39.8 Å². The number of aromatic nitrogens is 2. The number of hydrogen-bond donors (Lipinski definition) is 2. The molecule has 0 unspecified atom stereocenters. The quantitative estimate of drug-likeness (QED) is 0.802. The highest BCUT2D eigenvalue weighted by atomic mass is 32.1. The summed E-state index contributed by atoms with van der Waals surface area (Å²) in [4.78, 5) is 4.18. The third kappa shape index (κ3) is 2.87. The molecule has 1 aromatic rings. The molecule has 1 saturated heterocycles. The summed E-state index contributed by atoms with van der Waals surface area (Å²) in [6.45, 7) is 3.64. The van der Waals surface area contributed by atoms with Crippen molar-refractivity contribution in [3.63, 3.8) is 0 Å². The van der Waals surface area contributed by atoms with Crippen LogP contribution in [0, 0.1) is 6.92 Å². The number of hydrogen-bond acceptors (Lipinski definition) is 6. The lowest BCUT2D eigenvalue weighted by Crippen LogP contribution is -2.42. The fourth-order valence-electron chi connectivity index (χ4n) is 1.54. The predicted molar refractivity (Wildman–Crippen MR) is 58.1 cm³/mol. The first-order valence-corrected chi connectivity index (χ1v) is 5.80. The summed E-state index contributed by atoms with van der Waals surface area (Å²) >= 11 is 1.32. The summed E-state index contributed by atoms with van der Waals surface area (Å²) in [6.07, 6.45) is 1.36. The van der Waals surface area contributed by atoms with Gasteiger partial charge in [0, 0.05) is 44.1 Å². The molecule has 1 fully saturated rings. The fraction of sp³-hybridized carbons (Fsp3) is 0.778. The van der Waals surface area contributed by atoms with Crippen LogP contribution in [0.1, 0.15) is 18.7 Å². The SMILES string of the molecule is Cc1nsc(NCC2(O)CCOCC2)n1. The van der Waals surface area contributed by atoms with Crippen LogP contribution in [0.3, 0.4) is 0 Å². The van der Waals surface area contributed by atoms with Gasteiger partial charge in [-0.2, -0.15) is 4.37 Å². The van der Waals surface area contributed by atoms with Crippen LogP contribution >= 0.6 is 11.5 Å². The Morgan fingerprint density at radius 3 is 2.87 bits per heavy atom. The minimum Gasteiger partial charge on any atom is -0.388 e. The zero-order valence-electron chi connectivity index (χ0n) is 8.69. The molecule has 2 rings (SSSR count). The monoisotopic (exact) mass is 229 g/mol. The van der Waals surface area contributed by atoms with E-state index in [2.05, 4.69) is 14.7 Å². The van der Waals surface area contributed by atoms with Crippen molar-refractivity contribution in [2.24, 2.45) is 0 Å². The van der Waals surface area contributed by atoms with E-state index in [9.17, 15) is 5.11 Å². The first kappa shape index (κ1) is 10.8. The van der Waals surface area contributed by atoms with Crippen molar-refractivity contribution in [2.75, 3.05) is 25.1 Å². The summed E-state index contributed by atoms with van der Waals surface area (Å²) in [5.41, 5.74) is -0.655. The van der Waals surface area contributed by atoms with Gasteiger partial charge >= 0.3 is 0 Å². The summed E-state index contributed by atoms with van der Waals surface area (Å²) < 4.78 is 9.27. The van der Waals surface area contributed by atoms with Gasteiger partial charge in [-0.1, -0.05) is 0 Å². The van der Waals surface area contributed by atoms with Gasteiger partial charge in [0.15, 0.2) is 0 Å². The highest BCUT2D eigenvalue weighted by Crippen LogP contribution is 2.21. The Kier molecular flexibility index (Phi) is 3.18. The standard InChI is InChI=1S/C9H15N3O2S/c1-7-11-8(15-12-7)10-6-9(13)2-4-14-5-3-9/h13H,2-6H2,1H3,(H,10,11,12). The van der Waals surface area contributed by atoms with Crippen molar-refractivity contribution in [1.82, 2.24) is 9.36 Å². The number of aliphatic hydroxyl groups is 1. The molecule has 84 valence electrons. The van der Waals surface area contributed by atoms with E-state index in [0.29, 0.717) is 32.6 Å². The molecule has 0 aromatic carbocycles. The largest absolute Gasteiger partial charge is 0.388 e. The van der Waals surface area contributed by atoms with E-state index in [1.807, 2.05) is 6.92 Å². The molecular formula is C9H15N3O2S. The van der Waals surface area contributed by atoms with Crippen molar-refractivity contribution in [3.8, 4) is 0 Å². The molecule has 0 spiro atoms. The average molecular weight is 229 g/mol. The van der Waals surface area contributed by atoms with Crippen molar-refractivity contribution >= 4 is 16.7 Å². The molecule has 0 atom stereocenters. The van der Waals surface area contributed by atoms with Crippen LogP contribution in [0.4, 0.5) is 5.13 Å². The van der Waals surface area contributed by atoms with Gasteiger partial charge in [0.2, 0.25) is 5.13 Å². The van der Waals surface area contributed by atoms with Gasteiger partial charge in [-0.3, -0.25) is 0 Å². The summed E-state index contributed by atoms with van der Waals surface area (Å²) in [7, 11) is 0. The second-order valence-corrected chi connectivity index (χ2v) is 4.59. The summed E-state index contributed by atoms with van der Waals surface area (Å²) in [6, 6.07) is 0. The van der Waals surface area contributed by atoms with Gasteiger partial charge in [0.1, 0.15) is 5.82 Å². The fourth-order valence-corrected chi connectivity index (χ4v) is 2.11. The van der Waals surface area contributed by atoms with Gasteiger partial charge in [-0.15, -0.1) is 0 Å². The Morgan fingerprint density at radius 2 is 2.27 bits per heavy atom. The first-order chi connectivity index (χ1) is 7.18. The maximum absolute atomic E-state index is 10.2. The molecular weight excluding hydrogens is 214 g/mol. The molecule has 2 heterocycles. The molecule has 0 saturated carbocycles. The lowest BCUT2D eigenvalue weighted by atomic mass is 9.95.